The molecule has 0 aliphatic rings. The fourth-order valence-corrected chi connectivity index (χ4v) is 4.27. The number of hydrogen-bond donors (Lipinski definition) is 4. The summed E-state index contributed by atoms with van der Waals surface area (Å²) in [5, 5.41) is 25.3. The summed E-state index contributed by atoms with van der Waals surface area (Å²) < 4.78 is 5.42. The first-order valence-corrected chi connectivity index (χ1v) is 13.1. The predicted octanol–water partition coefficient (Wildman–Crippen LogP) is 3.92. The Bertz CT molecular complexity index is 1130. The average Bonchev–Trinajstić information content (AvgIpc) is 2.76. The van der Waals surface area contributed by atoms with Gasteiger partial charge in [-0.2, -0.15) is 0 Å². The Hall–Kier alpha value is -3.59. The van der Waals surface area contributed by atoms with Crippen LogP contribution < -0.4 is 10.6 Å². The average molecular weight is 542 g/mol. The zero-order valence-electron chi connectivity index (χ0n) is 24.3. The maximum absolute atomic E-state index is 14.2. The van der Waals surface area contributed by atoms with Gasteiger partial charge in [0.25, 0.3) is 0 Å². The number of hydrogen-bond acceptors (Lipinski definition) is 6. The Balaban J connectivity index is 2.59. The lowest BCUT2D eigenvalue weighted by Crippen LogP contribution is -2.55. The molecule has 0 saturated carbocycles. The SMILES string of the molecule is Cc1cc(C)cc(C(C(=O)NC(C)(C)C)N(CCO)C(=O)C(Cc2ccc(O)cc2)NC(=O)OC(C)(C)C)c1. The van der Waals surface area contributed by atoms with E-state index in [0.29, 0.717) is 11.1 Å². The molecule has 2 aromatic rings. The van der Waals surface area contributed by atoms with Crippen LogP contribution in [-0.2, 0) is 20.7 Å². The van der Waals surface area contributed by atoms with Crippen LogP contribution in [0.25, 0.3) is 0 Å². The number of ether oxygens (including phenoxy) is 1. The molecule has 0 heterocycles. The van der Waals surface area contributed by atoms with E-state index in [1.165, 1.54) is 17.0 Å². The highest BCUT2D eigenvalue weighted by atomic mass is 16.6. The minimum Gasteiger partial charge on any atom is -0.508 e. The Morgan fingerprint density at radius 1 is 0.949 bits per heavy atom. The first-order valence-electron chi connectivity index (χ1n) is 13.1. The molecule has 2 rings (SSSR count). The standard InChI is InChI=1S/C30H43N3O6/c1-19-15-20(2)17-22(16-19)25(26(36)32-29(3,4)5)33(13-14-34)27(37)24(31-28(38)39-30(6,7)8)18-21-9-11-23(35)12-10-21/h9-12,15-17,24-25,34-35H,13-14,18H2,1-8H3,(H,31,38)(H,32,36). The van der Waals surface area contributed by atoms with Gasteiger partial charge < -0.3 is 30.5 Å². The van der Waals surface area contributed by atoms with Gasteiger partial charge in [0.1, 0.15) is 23.4 Å². The van der Waals surface area contributed by atoms with Crippen molar-refractivity contribution >= 4 is 17.9 Å². The van der Waals surface area contributed by atoms with Crippen molar-refractivity contribution in [1.82, 2.24) is 15.5 Å². The summed E-state index contributed by atoms with van der Waals surface area (Å²) in [6, 6.07) is 9.75. The van der Waals surface area contributed by atoms with Gasteiger partial charge >= 0.3 is 6.09 Å². The van der Waals surface area contributed by atoms with E-state index in [-0.39, 0.29) is 18.7 Å². The lowest BCUT2D eigenvalue weighted by atomic mass is 9.96. The van der Waals surface area contributed by atoms with Gasteiger partial charge in [0.2, 0.25) is 11.8 Å². The van der Waals surface area contributed by atoms with Crippen molar-refractivity contribution in [3.05, 3.63) is 64.7 Å². The number of aryl methyl sites for hydroxylation is 2. The molecule has 2 atom stereocenters. The highest BCUT2D eigenvalue weighted by Gasteiger charge is 2.37. The van der Waals surface area contributed by atoms with E-state index in [2.05, 4.69) is 10.6 Å². The predicted molar refractivity (Wildman–Crippen MR) is 150 cm³/mol. The summed E-state index contributed by atoms with van der Waals surface area (Å²) in [5.74, 6) is -0.900. The smallest absolute Gasteiger partial charge is 0.408 e. The van der Waals surface area contributed by atoms with E-state index in [1.807, 2.05) is 52.8 Å². The van der Waals surface area contributed by atoms with Crippen LogP contribution in [-0.4, -0.2) is 63.4 Å². The topological polar surface area (TPSA) is 128 Å². The van der Waals surface area contributed by atoms with Crippen molar-refractivity contribution in [3.63, 3.8) is 0 Å². The van der Waals surface area contributed by atoms with Gasteiger partial charge in [-0.3, -0.25) is 9.59 Å². The first kappa shape index (κ1) is 31.6. The second-order valence-electron chi connectivity index (χ2n) is 11.9. The van der Waals surface area contributed by atoms with E-state index in [9.17, 15) is 24.6 Å². The van der Waals surface area contributed by atoms with Crippen LogP contribution >= 0.6 is 0 Å². The van der Waals surface area contributed by atoms with Crippen molar-refractivity contribution in [1.29, 1.82) is 0 Å². The number of phenolic OH excluding ortho intramolecular Hbond substituents is 1. The fraction of sp³-hybridized carbons (Fsp3) is 0.500. The van der Waals surface area contributed by atoms with Crippen molar-refractivity contribution in [2.45, 2.75) is 85.0 Å². The minimum atomic E-state index is -1.12. The summed E-state index contributed by atoms with van der Waals surface area (Å²) in [6.07, 6.45) is -0.716. The molecule has 0 aliphatic heterocycles. The van der Waals surface area contributed by atoms with Crippen molar-refractivity contribution in [2.24, 2.45) is 0 Å². The summed E-state index contributed by atoms with van der Waals surface area (Å²) in [6.45, 7) is 14.0. The molecule has 0 radical (unpaired) electrons. The van der Waals surface area contributed by atoms with Crippen LogP contribution in [0.2, 0.25) is 0 Å². The van der Waals surface area contributed by atoms with Crippen LogP contribution in [0.4, 0.5) is 4.79 Å². The minimum absolute atomic E-state index is 0.0670. The molecule has 9 nitrogen and oxygen atoms in total. The first-order chi connectivity index (χ1) is 18.0. The molecular weight excluding hydrogens is 498 g/mol. The summed E-state index contributed by atoms with van der Waals surface area (Å²) >= 11 is 0. The number of nitrogens with one attached hydrogen (secondary N) is 2. The van der Waals surface area contributed by atoms with Crippen molar-refractivity contribution in [3.8, 4) is 5.75 Å². The lowest BCUT2D eigenvalue weighted by Gasteiger charge is -2.36. The second-order valence-corrected chi connectivity index (χ2v) is 11.9. The number of alkyl carbamates (subject to hydrolysis) is 1. The normalized spacial score (nSPS) is 13.3. The van der Waals surface area contributed by atoms with E-state index in [4.69, 9.17) is 4.74 Å². The number of nitrogens with zero attached hydrogens (tertiary/aromatic N) is 1. The molecule has 0 bridgehead atoms. The molecule has 214 valence electrons. The molecule has 2 unspecified atom stereocenters. The van der Waals surface area contributed by atoms with Crippen LogP contribution in [0, 0.1) is 13.8 Å². The van der Waals surface area contributed by atoms with Gasteiger partial charge in [-0.1, -0.05) is 41.5 Å². The molecule has 0 fully saturated rings. The van der Waals surface area contributed by atoms with Gasteiger partial charge in [0.15, 0.2) is 0 Å². The maximum Gasteiger partial charge on any atom is 0.408 e. The maximum atomic E-state index is 14.2. The van der Waals surface area contributed by atoms with Gasteiger partial charge in [-0.25, -0.2) is 4.79 Å². The van der Waals surface area contributed by atoms with E-state index in [0.717, 1.165) is 11.1 Å². The second kappa shape index (κ2) is 13.0. The molecule has 0 aliphatic carbocycles. The largest absolute Gasteiger partial charge is 0.508 e. The Kier molecular flexibility index (Phi) is 10.5. The van der Waals surface area contributed by atoms with Crippen molar-refractivity contribution in [2.75, 3.05) is 13.2 Å². The molecule has 2 aromatic carbocycles. The zero-order chi connectivity index (χ0) is 29.5. The number of carbonyl (C=O) groups is 3. The number of amides is 3. The quantitative estimate of drug-likeness (QED) is 0.381. The molecule has 3 amide bonds. The zero-order valence-corrected chi connectivity index (χ0v) is 24.3. The molecule has 9 heteroatoms. The molecule has 4 N–H and O–H groups in total. The number of aromatic hydroxyl groups is 1. The molecule has 0 spiro atoms. The summed E-state index contributed by atoms with van der Waals surface area (Å²) in [7, 11) is 0. The monoisotopic (exact) mass is 541 g/mol. The Labute approximate surface area is 231 Å². The fourth-order valence-electron chi connectivity index (χ4n) is 4.27. The third-order valence-corrected chi connectivity index (χ3v) is 5.61. The number of aliphatic hydroxyl groups is 1. The number of benzene rings is 2. The highest BCUT2D eigenvalue weighted by molar-refractivity contribution is 5.92. The van der Waals surface area contributed by atoms with Crippen LogP contribution in [0.3, 0.4) is 0 Å². The Morgan fingerprint density at radius 3 is 2.00 bits per heavy atom. The van der Waals surface area contributed by atoms with Gasteiger partial charge in [0.05, 0.1) is 6.61 Å². The van der Waals surface area contributed by atoms with Gasteiger partial charge in [-0.15, -0.1) is 0 Å². The number of rotatable bonds is 9. The van der Waals surface area contributed by atoms with Gasteiger partial charge in [0, 0.05) is 18.5 Å². The number of carbonyl (C=O) groups excluding carboxylic acids is 3. The summed E-state index contributed by atoms with van der Waals surface area (Å²) in [4.78, 5) is 42.0. The molecular formula is C30H43N3O6. The number of phenols is 1. The van der Waals surface area contributed by atoms with Crippen LogP contribution in [0.5, 0.6) is 5.75 Å². The highest BCUT2D eigenvalue weighted by Crippen LogP contribution is 2.26. The Morgan fingerprint density at radius 2 is 1.51 bits per heavy atom. The van der Waals surface area contributed by atoms with E-state index in [1.54, 1.807) is 32.9 Å². The lowest BCUT2D eigenvalue weighted by molar-refractivity contribution is -0.143. The van der Waals surface area contributed by atoms with E-state index >= 15 is 0 Å². The van der Waals surface area contributed by atoms with Gasteiger partial charge in [-0.05, 0) is 78.6 Å². The third kappa shape index (κ3) is 10.2. The molecule has 0 saturated heterocycles. The summed E-state index contributed by atoms with van der Waals surface area (Å²) in [5.41, 5.74) is 1.73. The van der Waals surface area contributed by atoms with Crippen molar-refractivity contribution < 1.29 is 29.3 Å². The van der Waals surface area contributed by atoms with Crippen LogP contribution in [0.15, 0.2) is 42.5 Å². The third-order valence-electron chi connectivity index (χ3n) is 5.61. The number of aliphatic hydroxyl groups excluding tert-OH is 1. The molecule has 0 aromatic heterocycles. The molecule has 39 heavy (non-hydrogen) atoms. The van der Waals surface area contributed by atoms with Crippen LogP contribution in [0.1, 0.15) is 69.8 Å². The van der Waals surface area contributed by atoms with E-state index < -0.39 is 47.7 Å².